The van der Waals surface area contributed by atoms with Crippen LogP contribution in [0.25, 0.3) is 0 Å². The van der Waals surface area contributed by atoms with Gasteiger partial charge in [-0.3, -0.25) is 9.59 Å². The standard InChI is InChI=1S/C12H14N2O6S/c1-7(12(16)17)5-13-21(18,19)8-2-3-10-9(4-8)14-11(15)6-20-10/h2-4,7,13H,5-6H2,1H3,(H,14,15)(H,16,17). The highest BCUT2D eigenvalue weighted by atomic mass is 32.2. The first kappa shape index (κ1) is 15.3. The van der Waals surface area contributed by atoms with Crippen molar-refractivity contribution in [2.45, 2.75) is 11.8 Å². The van der Waals surface area contributed by atoms with Crippen LogP contribution >= 0.6 is 0 Å². The fourth-order valence-electron chi connectivity index (χ4n) is 1.63. The third-order valence-corrected chi connectivity index (χ3v) is 4.32. The summed E-state index contributed by atoms with van der Waals surface area (Å²) in [6.07, 6.45) is 0. The molecule has 1 atom stereocenters. The van der Waals surface area contributed by atoms with E-state index in [0.717, 1.165) is 0 Å². The van der Waals surface area contributed by atoms with Crippen LogP contribution in [0.2, 0.25) is 0 Å². The zero-order valence-corrected chi connectivity index (χ0v) is 11.9. The van der Waals surface area contributed by atoms with Crippen LogP contribution in [0.5, 0.6) is 5.75 Å². The molecule has 8 nitrogen and oxygen atoms in total. The third-order valence-electron chi connectivity index (χ3n) is 2.90. The number of nitrogens with one attached hydrogen (secondary N) is 2. The molecular weight excluding hydrogens is 300 g/mol. The molecule has 1 amide bonds. The Morgan fingerprint density at radius 2 is 2.24 bits per heavy atom. The molecule has 0 radical (unpaired) electrons. The minimum Gasteiger partial charge on any atom is -0.482 e. The largest absolute Gasteiger partial charge is 0.482 e. The molecule has 0 saturated heterocycles. The molecule has 1 aromatic carbocycles. The summed E-state index contributed by atoms with van der Waals surface area (Å²) in [7, 11) is -3.86. The Hall–Kier alpha value is -2.13. The molecule has 3 N–H and O–H groups in total. The summed E-state index contributed by atoms with van der Waals surface area (Å²) in [5.74, 6) is -1.93. The number of amides is 1. The van der Waals surface area contributed by atoms with Crippen molar-refractivity contribution >= 4 is 27.6 Å². The Balaban J connectivity index is 2.19. The van der Waals surface area contributed by atoms with Gasteiger partial charge in [0, 0.05) is 6.54 Å². The summed E-state index contributed by atoms with van der Waals surface area (Å²) >= 11 is 0. The SMILES string of the molecule is CC(CNS(=O)(=O)c1ccc2c(c1)NC(=O)CO2)C(=O)O. The van der Waals surface area contributed by atoms with E-state index >= 15 is 0 Å². The fraction of sp³-hybridized carbons (Fsp3) is 0.333. The molecule has 9 heteroatoms. The van der Waals surface area contributed by atoms with Crippen molar-refractivity contribution in [2.24, 2.45) is 5.92 Å². The predicted octanol–water partition coefficient (Wildman–Crippen LogP) is 0.0165. The van der Waals surface area contributed by atoms with Crippen LogP contribution in [0, 0.1) is 5.92 Å². The van der Waals surface area contributed by atoms with E-state index in [-0.39, 0.29) is 29.6 Å². The molecule has 1 aliphatic heterocycles. The van der Waals surface area contributed by atoms with Gasteiger partial charge in [-0.1, -0.05) is 6.92 Å². The molecule has 114 valence electrons. The Labute approximate surface area is 121 Å². The van der Waals surface area contributed by atoms with Crippen LogP contribution < -0.4 is 14.8 Å². The van der Waals surface area contributed by atoms with E-state index in [1.165, 1.54) is 25.1 Å². The zero-order valence-electron chi connectivity index (χ0n) is 11.1. The van der Waals surface area contributed by atoms with E-state index in [9.17, 15) is 18.0 Å². The predicted molar refractivity (Wildman–Crippen MR) is 72.6 cm³/mol. The van der Waals surface area contributed by atoms with Crippen LogP contribution in [0.1, 0.15) is 6.92 Å². The number of hydrogen-bond acceptors (Lipinski definition) is 5. The number of aliphatic carboxylic acids is 1. The number of carboxylic acids is 1. The maximum Gasteiger partial charge on any atom is 0.307 e. The molecular formula is C12H14N2O6S. The number of benzene rings is 1. The maximum absolute atomic E-state index is 12.1. The zero-order chi connectivity index (χ0) is 15.6. The Kier molecular flexibility index (Phi) is 4.14. The lowest BCUT2D eigenvalue weighted by Gasteiger charge is -2.18. The lowest BCUT2D eigenvalue weighted by atomic mass is 10.2. The number of fused-ring (bicyclic) bond motifs is 1. The van der Waals surface area contributed by atoms with Crippen molar-refractivity contribution in [3.63, 3.8) is 0 Å². The molecule has 21 heavy (non-hydrogen) atoms. The van der Waals surface area contributed by atoms with E-state index < -0.39 is 21.9 Å². The topological polar surface area (TPSA) is 122 Å². The van der Waals surface area contributed by atoms with Gasteiger partial charge in [0.05, 0.1) is 16.5 Å². The molecule has 1 aliphatic rings. The van der Waals surface area contributed by atoms with Gasteiger partial charge in [-0.05, 0) is 18.2 Å². The minimum absolute atomic E-state index is 0.0790. The van der Waals surface area contributed by atoms with Crippen molar-refractivity contribution in [1.82, 2.24) is 4.72 Å². The number of hydrogen-bond donors (Lipinski definition) is 3. The first-order valence-electron chi connectivity index (χ1n) is 6.09. The second kappa shape index (κ2) is 5.70. The number of carbonyl (C=O) groups is 2. The lowest BCUT2D eigenvalue weighted by molar-refractivity contribution is -0.140. The summed E-state index contributed by atoms with van der Waals surface area (Å²) in [5, 5.41) is 11.2. The van der Waals surface area contributed by atoms with Crippen LogP contribution in [0.15, 0.2) is 23.1 Å². The summed E-state index contributed by atoms with van der Waals surface area (Å²) in [5.41, 5.74) is 0.264. The van der Waals surface area contributed by atoms with Gasteiger partial charge in [0.15, 0.2) is 6.61 Å². The molecule has 2 rings (SSSR count). The molecule has 0 saturated carbocycles. The van der Waals surface area contributed by atoms with Crippen LogP contribution in [0.4, 0.5) is 5.69 Å². The highest BCUT2D eigenvalue weighted by Crippen LogP contribution is 2.29. The molecule has 0 spiro atoms. The molecule has 0 aromatic heterocycles. The number of rotatable bonds is 5. The van der Waals surface area contributed by atoms with Crippen LogP contribution in [-0.2, 0) is 19.6 Å². The first-order chi connectivity index (χ1) is 9.79. The van der Waals surface area contributed by atoms with Gasteiger partial charge in [0.25, 0.3) is 5.91 Å². The van der Waals surface area contributed by atoms with Crippen LogP contribution in [0.3, 0.4) is 0 Å². The lowest BCUT2D eigenvalue weighted by Crippen LogP contribution is -2.32. The van der Waals surface area contributed by atoms with E-state index in [4.69, 9.17) is 9.84 Å². The quantitative estimate of drug-likeness (QED) is 0.704. The van der Waals surface area contributed by atoms with E-state index in [2.05, 4.69) is 10.0 Å². The van der Waals surface area contributed by atoms with Gasteiger partial charge in [-0.15, -0.1) is 0 Å². The average molecular weight is 314 g/mol. The number of anilines is 1. The normalized spacial score (nSPS) is 15.6. The van der Waals surface area contributed by atoms with Gasteiger partial charge in [0.2, 0.25) is 10.0 Å². The average Bonchev–Trinajstić information content (AvgIpc) is 2.43. The van der Waals surface area contributed by atoms with Crippen molar-refractivity contribution in [1.29, 1.82) is 0 Å². The minimum atomic E-state index is -3.86. The molecule has 0 fully saturated rings. The van der Waals surface area contributed by atoms with Gasteiger partial charge in [-0.25, -0.2) is 13.1 Å². The molecule has 1 aromatic rings. The third kappa shape index (κ3) is 3.50. The van der Waals surface area contributed by atoms with E-state index in [1.807, 2.05) is 0 Å². The number of carbonyl (C=O) groups excluding carboxylic acids is 1. The summed E-state index contributed by atoms with van der Waals surface area (Å²) in [6.45, 7) is 1.05. The van der Waals surface area contributed by atoms with Crippen LogP contribution in [-0.4, -0.2) is 38.6 Å². The van der Waals surface area contributed by atoms with Crippen molar-refractivity contribution in [3.05, 3.63) is 18.2 Å². The van der Waals surface area contributed by atoms with Gasteiger partial charge >= 0.3 is 5.97 Å². The number of sulfonamides is 1. The highest BCUT2D eigenvalue weighted by Gasteiger charge is 2.22. The first-order valence-corrected chi connectivity index (χ1v) is 7.57. The maximum atomic E-state index is 12.1. The molecule has 0 aliphatic carbocycles. The second-order valence-corrected chi connectivity index (χ2v) is 6.35. The smallest absolute Gasteiger partial charge is 0.307 e. The summed E-state index contributed by atoms with van der Waals surface area (Å²) in [4.78, 5) is 21.8. The van der Waals surface area contributed by atoms with E-state index in [1.54, 1.807) is 0 Å². The highest BCUT2D eigenvalue weighted by molar-refractivity contribution is 7.89. The Bertz CT molecular complexity index is 685. The van der Waals surface area contributed by atoms with Gasteiger partial charge in [-0.2, -0.15) is 0 Å². The summed E-state index contributed by atoms with van der Waals surface area (Å²) < 4.78 is 31.5. The Morgan fingerprint density at radius 3 is 2.90 bits per heavy atom. The number of carboxylic acid groups (broad SMARTS) is 1. The van der Waals surface area contributed by atoms with Crippen molar-refractivity contribution < 1.29 is 27.9 Å². The molecule has 1 heterocycles. The monoisotopic (exact) mass is 314 g/mol. The molecule has 0 bridgehead atoms. The summed E-state index contributed by atoms with van der Waals surface area (Å²) in [6, 6.07) is 4.02. The van der Waals surface area contributed by atoms with Gasteiger partial charge in [0.1, 0.15) is 5.75 Å². The molecule has 1 unspecified atom stereocenters. The fourth-order valence-corrected chi connectivity index (χ4v) is 2.79. The van der Waals surface area contributed by atoms with Crippen molar-refractivity contribution in [3.8, 4) is 5.75 Å². The van der Waals surface area contributed by atoms with E-state index in [0.29, 0.717) is 5.75 Å². The second-order valence-electron chi connectivity index (χ2n) is 4.59. The van der Waals surface area contributed by atoms with Gasteiger partial charge < -0.3 is 15.2 Å². The van der Waals surface area contributed by atoms with Crippen molar-refractivity contribution in [2.75, 3.05) is 18.5 Å². The Morgan fingerprint density at radius 1 is 1.52 bits per heavy atom. The number of ether oxygens (including phenoxy) is 1.